The second-order valence-electron chi connectivity index (χ2n) is 9.10. The molecule has 0 aliphatic carbocycles. The van der Waals surface area contributed by atoms with Crippen molar-refractivity contribution in [2.45, 2.75) is 50.7 Å². The number of hydrogen-bond acceptors (Lipinski definition) is 5. The molecule has 0 radical (unpaired) electrons. The molecule has 3 aromatic rings. The normalized spacial score (nSPS) is 18.2. The molecule has 2 atom stereocenters. The predicted molar refractivity (Wildman–Crippen MR) is 124 cm³/mol. The van der Waals surface area contributed by atoms with Crippen LogP contribution >= 0.6 is 0 Å². The Morgan fingerprint density at radius 2 is 1.63 bits per heavy atom. The van der Waals surface area contributed by atoms with Gasteiger partial charge in [-0.05, 0) is 36.6 Å². The van der Waals surface area contributed by atoms with Gasteiger partial charge in [0.1, 0.15) is 0 Å². The van der Waals surface area contributed by atoms with E-state index in [-0.39, 0.29) is 30.2 Å². The van der Waals surface area contributed by atoms with Crippen LogP contribution in [0.4, 0.5) is 37.1 Å². The topological polar surface area (TPSA) is 87.4 Å². The molecule has 2 aromatic heterocycles. The molecule has 1 unspecified atom stereocenters. The van der Waals surface area contributed by atoms with Crippen molar-refractivity contribution >= 4 is 12.0 Å². The summed E-state index contributed by atoms with van der Waals surface area (Å²) < 4.78 is 82.3. The van der Waals surface area contributed by atoms with Crippen LogP contribution in [0.2, 0.25) is 0 Å². The minimum absolute atomic E-state index is 0.00730. The Morgan fingerprint density at radius 3 is 2.08 bits per heavy atom. The van der Waals surface area contributed by atoms with Crippen LogP contribution in [0.5, 0.6) is 0 Å². The quantitative estimate of drug-likeness (QED) is 0.417. The van der Waals surface area contributed by atoms with Gasteiger partial charge in [-0.3, -0.25) is 4.68 Å². The summed E-state index contributed by atoms with van der Waals surface area (Å²) in [4.78, 5) is 23.1. The summed E-state index contributed by atoms with van der Waals surface area (Å²) in [5.74, 6) is 0.0516. The van der Waals surface area contributed by atoms with Crippen LogP contribution < -0.4 is 4.90 Å². The number of nitrogens with zero attached hydrogens (tertiary/aromatic N) is 6. The van der Waals surface area contributed by atoms with Crippen molar-refractivity contribution in [2.75, 3.05) is 11.4 Å². The number of likely N-dealkylation sites (tertiary alicyclic amines) is 1. The maximum Gasteiger partial charge on any atom is 0.416 e. The molecule has 1 aliphatic heterocycles. The van der Waals surface area contributed by atoms with Gasteiger partial charge in [-0.25, -0.2) is 14.8 Å². The molecule has 204 valence electrons. The van der Waals surface area contributed by atoms with Crippen LogP contribution in [-0.2, 0) is 25.9 Å². The van der Waals surface area contributed by atoms with E-state index in [1.54, 1.807) is 31.0 Å². The maximum absolute atomic E-state index is 13.5. The van der Waals surface area contributed by atoms with Gasteiger partial charge in [-0.2, -0.15) is 31.4 Å². The number of carboxylic acid groups (broad SMARTS) is 1. The average Bonchev–Trinajstić information content (AvgIpc) is 3.48. The predicted octanol–water partition coefficient (Wildman–Crippen LogP) is 5.45. The third kappa shape index (κ3) is 5.83. The van der Waals surface area contributed by atoms with Crippen molar-refractivity contribution in [3.8, 4) is 11.1 Å². The summed E-state index contributed by atoms with van der Waals surface area (Å²) in [7, 11) is 1.73. The van der Waals surface area contributed by atoms with Crippen molar-refractivity contribution in [1.82, 2.24) is 24.6 Å². The fraction of sp³-hybridized carbons (Fsp3) is 0.417. The van der Waals surface area contributed by atoms with E-state index < -0.39 is 42.2 Å². The molecule has 8 nitrogen and oxygen atoms in total. The Morgan fingerprint density at radius 1 is 1.03 bits per heavy atom. The SMILES string of the molecule is CCC1C[C@H](N(Cc2cc(C(F)(F)F)cc(C(F)(F)F)c2)c2ncc(-c3cnn(C)c3)cn2)CN1C(=O)O. The van der Waals surface area contributed by atoms with E-state index in [0.29, 0.717) is 36.1 Å². The highest BCUT2D eigenvalue weighted by atomic mass is 19.4. The summed E-state index contributed by atoms with van der Waals surface area (Å²) in [6, 6.07) is 0.439. The van der Waals surface area contributed by atoms with Crippen LogP contribution in [0.15, 0.2) is 43.0 Å². The number of hydrogen-bond donors (Lipinski definition) is 1. The fourth-order valence-corrected chi connectivity index (χ4v) is 4.60. The molecule has 1 aliphatic rings. The van der Waals surface area contributed by atoms with Crippen LogP contribution in [0.1, 0.15) is 36.5 Å². The number of amides is 1. The molecule has 1 fully saturated rings. The highest BCUT2D eigenvalue weighted by Crippen LogP contribution is 2.37. The van der Waals surface area contributed by atoms with Gasteiger partial charge in [0.05, 0.1) is 23.4 Å². The zero-order chi connectivity index (χ0) is 27.8. The van der Waals surface area contributed by atoms with E-state index in [1.807, 2.05) is 0 Å². The smallest absolute Gasteiger partial charge is 0.416 e. The molecular weight excluding hydrogens is 518 g/mol. The van der Waals surface area contributed by atoms with E-state index in [2.05, 4.69) is 15.1 Å². The van der Waals surface area contributed by atoms with Crippen LogP contribution in [0.3, 0.4) is 0 Å². The molecular formula is C24H24F6N6O2. The van der Waals surface area contributed by atoms with Gasteiger partial charge in [0.15, 0.2) is 0 Å². The Balaban J connectivity index is 1.74. The third-order valence-electron chi connectivity index (χ3n) is 6.48. The number of aryl methyl sites for hydroxylation is 1. The Hall–Kier alpha value is -3.84. The molecule has 1 saturated heterocycles. The minimum Gasteiger partial charge on any atom is -0.465 e. The van der Waals surface area contributed by atoms with Crippen LogP contribution in [0, 0.1) is 0 Å². The van der Waals surface area contributed by atoms with Crippen LogP contribution in [0.25, 0.3) is 11.1 Å². The van der Waals surface area contributed by atoms with E-state index >= 15 is 0 Å². The molecule has 1 amide bonds. The first-order chi connectivity index (χ1) is 17.8. The van der Waals surface area contributed by atoms with E-state index in [1.165, 1.54) is 22.2 Å². The summed E-state index contributed by atoms with van der Waals surface area (Å²) in [5.41, 5.74) is -1.80. The van der Waals surface area contributed by atoms with Gasteiger partial charge >= 0.3 is 18.4 Å². The van der Waals surface area contributed by atoms with Crippen molar-refractivity contribution in [2.24, 2.45) is 7.05 Å². The first-order valence-electron chi connectivity index (χ1n) is 11.6. The van der Waals surface area contributed by atoms with Crippen molar-refractivity contribution in [3.05, 3.63) is 59.7 Å². The molecule has 0 bridgehead atoms. The summed E-state index contributed by atoms with van der Waals surface area (Å²) in [5, 5.41) is 13.7. The number of alkyl halides is 6. The molecule has 1 aromatic carbocycles. The van der Waals surface area contributed by atoms with E-state index in [4.69, 9.17) is 0 Å². The molecule has 38 heavy (non-hydrogen) atoms. The van der Waals surface area contributed by atoms with Crippen molar-refractivity contribution < 1.29 is 36.2 Å². The minimum atomic E-state index is -5.00. The Labute approximate surface area is 213 Å². The zero-order valence-electron chi connectivity index (χ0n) is 20.3. The first-order valence-corrected chi connectivity index (χ1v) is 11.6. The van der Waals surface area contributed by atoms with Gasteiger partial charge in [0.25, 0.3) is 0 Å². The van der Waals surface area contributed by atoms with E-state index in [9.17, 15) is 36.2 Å². The lowest BCUT2D eigenvalue weighted by molar-refractivity contribution is -0.143. The fourth-order valence-electron chi connectivity index (χ4n) is 4.60. The molecule has 0 saturated carbocycles. The third-order valence-corrected chi connectivity index (χ3v) is 6.48. The molecule has 4 rings (SSSR count). The summed E-state index contributed by atoms with van der Waals surface area (Å²) >= 11 is 0. The number of rotatable bonds is 6. The van der Waals surface area contributed by atoms with Gasteiger partial charge in [0.2, 0.25) is 5.95 Å². The highest BCUT2D eigenvalue weighted by molar-refractivity contribution is 5.66. The van der Waals surface area contributed by atoms with Gasteiger partial charge in [0, 0.05) is 55.9 Å². The molecule has 3 heterocycles. The first kappa shape index (κ1) is 27.2. The number of anilines is 1. The highest BCUT2D eigenvalue weighted by Gasteiger charge is 2.40. The summed E-state index contributed by atoms with van der Waals surface area (Å²) in [6.07, 6.45) is -4.10. The largest absolute Gasteiger partial charge is 0.465 e. The Kier molecular flexibility index (Phi) is 7.26. The van der Waals surface area contributed by atoms with Gasteiger partial charge < -0.3 is 14.9 Å². The lowest BCUT2D eigenvalue weighted by Gasteiger charge is -2.29. The van der Waals surface area contributed by atoms with E-state index in [0.717, 1.165) is 0 Å². The maximum atomic E-state index is 13.5. The second kappa shape index (κ2) is 10.1. The lowest BCUT2D eigenvalue weighted by Crippen LogP contribution is -2.39. The number of aromatic nitrogens is 4. The van der Waals surface area contributed by atoms with Crippen molar-refractivity contribution in [1.29, 1.82) is 0 Å². The average molecular weight is 542 g/mol. The Bertz CT molecular complexity index is 1260. The molecule has 1 N–H and O–H groups in total. The molecule has 14 heteroatoms. The van der Waals surface area contributed by atoms with Gasteiger partial charge in [-0.1, -0.05) is 6.92 Å². The second-order valence-corrected chi connectivity index (χ2v) is 9.10. The monoisotopic (exact) mass is 542 g/mol. The zero-order valence-corrected chi connectivity index (χ0v) is 20.3. The van der Waals surface area contributed by atoms with Gasteiger partial charge in [-0.15, -0.1) is 0 Å². The number of halogens is 6. The lowest BCUT2D eigenvalue weighted by atomic mass is 10.0. The standard InChI is InChI=1S/C24H24F6N6O2/c1-3-19-7-20(13-36(19)22(37)38)35(21-31-8-15(9-32-21)16-10-33-34(2)12-16)11-14-4-17(23(25,26)27)6-18(5-14)24(28,29)30/h4-6,8-10,12,19-20H,3,7,11,13H2,1-2H3,(H,37,38)/t19?,20-/m0/s1. The van der Waals surface area contributed by atoms with Crippen LogP contribution in [-0.4, -0.2) is 54.5 Å². The van der Waals surface area contributed by atoms with Crippen molar-refractivity contribution in [3.63, 3.8) is 0 Å². The molecule has 0 spiro atoms. The summed E-state index contributed by atoms with van der Waals surface area (Å²) in [6.45, 7) is 1.40. The number of carbonyl (C=O) groups is 1. The number of benzene rings is 1.